The zero-order chi connectivity index (χ0) is 19.4. The number of fused-ring (bicyclic) bond motifs is 1. The molecule has 0 aromatic carbocycles. The van der Waals surface area contributed by atoms with Gasteiger partial charge in [0, 0.05) is 32.7 Å². The van der Waals surface area contributed by atoms with Gasteiger partial charge >= 0.3 is 6.09 Å². The van der Waals surface area contributed by atoms with Crippen LogP contribution in [-0.2, 0) is 16.1 Å². The summed E-state index contributed by atoms with van der Waals surface area (Å²) < 4.78 is 7.24. The predicted molar refractivity (Wildman–Crippen MR) is 105 cm³/mol. The fourth-order valence-corrected chi connectivity index (χ4v) is 4.63. The Morgan fingerprint density at radius 1 is 1.22 bits per heavy atom. The largest absolute Gasteiger partial charge is 0.450 e. The van der Waals surface area contributed by atoms with Crippen LogP contribution in [0.2, 0.25) is 0 Å². The van der Waals surface area contributed by atoms with Crippen molar-refractivity contribution in [3.8, 4) is 0 Å². The highest BCUT2D eigenvalue weighted by atomic mass is 32.2. The van der Waals surface area contributed by atoms with E-state index >= 15 is 0 Å². The average Bonchev–Trinajstić information content (AvgIpc) is 3.15. The number of amides is 2. The van der Waals surface area contributed by atoms with Crippen molar-refractivity contribution in [2.45, 2.75) is 25.5 Å². The Hall–Kier alpha value is -2.07. The van der Waals surface area contributed by atoms with Crippen LogP contribution in [-0.4, -0.2) is 69.9 Å². The Kier molecular flexibility index (Phi) is 6.38. The van der Waals surface area contributed by atoms with Crippen molar-refractivity contribution in [2.75, 3.05) is 38.5 Å². The summed E-state index contributed by atoms with van der Waals surface area (Å²) in [5.41, 5.74) is 0.614. The molecule has 3 rings (SSSR count). The van der Waals surface area contributed by atoms with Gasteiger partial charge in [0.05, 0.1) is 17.9 Å². The summed E-state index contributed by atoms with van der Waals surface area (Å²) in [7, 11) is 0. The molecule has 1 aliphatic heterocycles. The Labute approximate surface area is 165 Å². The van der Waals surface area contributed by atoms with Crippen molar-refractivity contribution in [1.29, 1.82) is 0 Å². The number of hydrogen-bond donors (Lipinski definition) is 0. The maximum Gasteiger partial charge on any atom is 0.409 e. The van der Waals surface area contributed by atoms with Crippen LogP contribution in [0.4, 0.5) is 4.79 Å². The molecule has 0 radical (unpaired) electrons. The molecule has 146 valence electrons. The minimum absolute atomic E-state index is 0.0224. The molecule has 0 bridgehead atoms. The zero-order valence-corrected chi connectivity index (χ0v) is 17.0. The molecule has 8 nitrogen and oxygen atoms in total. The lowest BCUT2D eigenvalue weighted by molar-refractivity contribution is -0.129. The Morgan fingerprint density at radius 2 is 1.93 bits per heavy atom. The van der Waals surface area contributed by atoms with E-state index in [0.29, 0.717) is 54.7 Å². The normalized spacial score (nSPS) is 14.6. The maximum atomic E-state index is 12.5. The summed E-state index contributed by atoms with van der Waals surface area (Å²) >= 11 is 2.66. The molecule has 0 saturated carbocycles. The summed E-state index contributed by atoms with van der Waals surface area (Å²) in [6.45, 7) is 6.41. The van der Waals surface area contributed by atoms with Gasteiger partial charge in [0.1, 0.15) is 4.70 Å². The number of aromatic nitrogens is 2. The molecule has 2 aromatic heterocycles. The SMILES string of the molecule is CCOC(=O)N1CCN(C(=O)CSc2nc3ccsc3c(=O)n2CC)CC1. The average molecular weight is 411 g/mol. The van der Waals surface area contributed by atoms with Crippen LogP contribution in [0.3, 0.4) is 0 Å². The summed E-state index contributed by atoms with van der Waals surface area (Å²) in [5, 5.41) is 2.41. The van der Waals surface area contributed by atoms with E-state index in [-0.39, 0.29) is 23.3 Å². The van der Waals surface area contributed by atoms with Gasteiger partial charge in [0.2, 0.25) is 5.91 Å². The van der Waals surface area contributed by atoms with Gasteiger partial charge in [-0.05, 0) is 25.3 Å². The summed E-state index contributed by atoms with van der Waals surface area (Å²) in [5.74, 6) is 0.187. The van der Waals surface area contributed by atoms with Crippen molar-refractivity contribution < 1.29 is 14.3 Å². The van der Waals surface area contributed by atoms with Crippen molar-refractivity contribution in [2.24, 2.45) is 0 Å². The van der Waals surface area contributed by atoms with E-state index in [9.17, 15) is 14.4 Å². The molecule has 2 aromatic rings. The molecule has 0 unspecified atom stereocenters. The predicted octanol–water partition coefficient (Wildman–Crippen LogP) is 1.87. The highest BCUT2D eigenvalue weighted by Crippen LogP contribution is 2.21. The van der Waals surface area contributed by atoms with Crippen LogP contribution in [0.15, 0.2) is 21.4 Å². The van der Waals surface area contributed by atoms with Crippen LogP contribution >= 0.6 is 23.1 Å². The van der Waals surface area contributed by atoms with E-state index in [1.165, 1.54) is 23.1 Å². The third-order valence-corrected chi connectivity index (χ3v) is 6.18. The van der Waals surface area contributed by atoms with Gasteiger partial charge in [-0.1, -0.05) is 11.8 Å². The van der Waals surface area contributed by atoms with E-state index in [1.54, 1.807) is 21.3 Å². The van der Waals surface area contributed by atoms with Gasteiger partial charge in [-0.25, -0.2) is 9.78 Å². The number of carbonyl (C=O) groups excluding carboxylic acids is 2. The Morgan fingerprint density at radius 3 is 2.59 bits per heavy atom. The minimum atomic E-state index is -0.334. The number of thiophene rings is 1. The summed E-state index contributed by atoms with van der Waals surface area (Å²) in [6, 6.07) is 1.82. The fraction of sp³-hybridized carbons (Fsp3) is 0.529. The number of rotatable bonds is 5. The monoisotopic (exact) mass is 410 g/mol. The molecule has 1 saturated heterocycles. The molecule has 0 N–H and O–H groups in total. The number of hydrogen-bond acceptors (Lipinski definition) is 7. The first-order valence-corrected chi connectivity index (χ1v) is 10.7. The highest BCUT2D eigenvalue weighted by Gasteiger charge is 2.25. The van der Waals surface area contributed by atoms with Gasteiger partial charge in [-0.15, -0.1) is 11.3 Å². The molecule has 0 aliphatic carbocycles. The number of thioether (sulfide) groups is 1. The smallest absolute Gasteiger partial charge is 0.409 e. The standard InChI is InChI=1S/C17H22N4O4S2/c1-3-21-15(23)14-12(5-10-26-14)18-16(21)27-11-13(22)19-6-8-20(9-7-19)17(24)25-4-2/h5,10H,3-4,6-9,11H2,1-2H3. The number of ether oxygens (including phenoxy) is 1. The van der Waals surface area contributed by atoms with Crippen molar-refractivity contribution in [1.82, 2.24) is 19.4 Å². The topological polar surface area (TPSA) is 84.7 Å². The van der Waals surface area contributed by atoms with E-state index in [0.717, 1.165) is 0 Å². The number of piperazine rings is 1. The molecule has 1 fully saturated rings. The third-order valence-electron chi connectivity index (χ3n) is 4.33. The quantitative estimate of drug-likeness (QED) is 0.553. The molecule has 1 aliphatic rings. The molecule has 0 spiro atoms. The van der Waals surface area contributed by atoms with Gasteiger partial charge in [-0.2, -0.15) is 0 Å². The maximum absolute atomic E-state index is 12.5. The van der Waals surface area contributed by atoms with Crippen molar-refractivity contribution >= 4 is 45.3 Å². The minimum Gasteiger partial charge on any atom is -0.450 e. The van der Waals surface area contributed by atoms with Crippen molar-refractivity contribution in [3.05, 3.63) is 21.8 Å². The van der Waals surface area contributed by atoms with Crippen LogP contribution in [0.5, 0.6) is 0 Å². The first kappa shape index (κ1) is 19.7. The van der Waals surface area contributed by atoms with E-state index in [4.69, 9.17) is 4.74 Å². The van der Waals surface area contributed by atoms with Gasteiger partial charge in [0.15, 0.2) is 5.16 Å². The molecule has 27 heavy (non-hydrogen) atoms. The summed E-state index contributed by atoms with van der Waals surface area (Å²) in [4.78, 5) is 44.7. The van der Waals surface area contributed by atoms with E-state index < -0.39 is 0 Å². The van der Waals surface area contributed by atoms with Gasteiger partial charge < -0.3 is 14.5 Å². The second kappa shape index (κ2) is 8.75. The number of carbonyl (C=O) groups is 2. The van der Waals surface area contributed by atoms with E-state index in [2.05, 4.69) is 4.98 Å². The molecule has 2 amide bonds. The van der Waals surface area contributed by atoms with Crippen LogP contribution in [0.1, 0.15) is 13.8 Å². The van der Waals surface area contributed by atoms with Crippen LogP contribution in [0.25, 0.3) is 10.2 Å². The first-order chi connectivity index (χ1) is 13.0. The lowest BCUT2D eigenvalue weighted by Crippen LogP contribution is -2.51. The molecule has 3 heterocycles. The van der Waals surface area contributed by atoms with Gasteiger partial charge in [-0.3, -0.25) is 14.2 Å². The highest BCUT2D eigenvalue weighted by molar-refractivity contribution is 7.99. The zero-order valence-electron chi connectivity index (χ0n) is 15.3. The van der Waals surface area contributed by atoms with Gasteiger partial charge in [0.25, 0.3) is 5.56 Å². The Balaban J connectivity index is 1.61. The lowest BCUT2D eigenvalue weighted by Gasteiger charge is -2.34. The molecular weight excluding hydrogens is 388 g/mol. The third kappa shape index (κ3) is 4.27. The molecular formula is C17H22N4O4S2. The lowest BCUT2D eigenvalue weighted by atomic mass is 10.3. The van der Waals surface area contributed by atoms with Crippen LogP contribution in [0, 0.1) is 0 Å². The first-order valence-electron chi connectivity index (χ1n) is 8.85. The molecule has 0 atom stereocenters. The summed E-state index contributed by atoms with van der Waals surface area (Å²) in [6.07, 6.45) is -0.334. The Bertz CT molecular complexity index is 887. The second-order valence-corrected chi connectivity index (χ2v) is 7.79. The van der Waals surface area contributed by atoms with Crippen LogP contribution < -0.4 is 5.56 Å². The second-order valence-electron chi connectivity index (χ2n) is 5.93. The number of nitrogens with zero attached hydrogens (tertiary/aromatic N) is 4. The van der Waals surface area contributed by atoms with E-state index in [1.807, 2.05) is 18.4 Å². The molecule has 10 heteroatoms. The fourth-order valence-electron chi connectivity index (χ4n) is 2.88. The van der Waals surface area contributed by atoms with Crippen molar-refractivity contribution in [3.63, 3.8) is 0 Å².